The highest BCUT2D eigenvalue weighted by molar-refractivity contribution is 7.91. The Balaban J connectivity index is 2.10. The predicted molar refractivity (Wildman–Crippen MR) is 85.0 cm³/mol. The van der Waals surface area contributed by atoms with Gasteiger partial charge in [0.15, 0.2) is 0 Å². The van der Waals surface area contributed by atoms with Crippen LogP contribution in [0.4, 0.5) is 0 Å². The number of nitrogens with one attached hydrogen (secondary N) is 1. The number of aryl methyl sites for hydroxylation is 1. The Morgan fingerprint density at radius 1 is 1.14 bits per heavy atom. The van der Waals surface area contributed by atoms with E-state index in [0.717, 1.165) is 22.4 Å². The molecule has 0 aliphatic rings. The smallest absolute Gasteiger partial charge is 0.250 e. The zero-order chi connectivity index (χ0) is 15.3. The van der Waals surface area contributed by atoms with E-state index in [1.807, 2.05) is 31.2 Å². The Hall–Kier alpha value is -1.21. The highest BCUT2D eigenvalue weighted by Crippen LogP contribution is 2.22. The van der Waals surface area contributed by atoms with Crippen molar-refractivity contribution in [3.63, 3.8) is 0 Å². The van der Waals surface area contributed by atoms with Gasteiger partial charge in [0.1, 0.15) is 4.21 Å². The molecule has 0 atom stereocenters. The van der Waals surface area contributed by atoms with Crippen LogP contribution >= 0.6 is 11.3 Å². The maximum absolute atomic E-state index is 12.3. The van der Waals surface area contributed by atoms with Gasteiger partial charge in [-0.15, -0.1) is 11.3 Å². The largest absolute Gasteiger partial charge is 0.396 e. The topological polar surface area (TPSA) is 66.4 Å². The predicted octanol–water partition coefficient (Wildman–Crippen LogP) is 2.32. The second-order valence-electron chi connectivity index (χ2n) is 4.64. The van der Waals surface area contributed by atoms with E-state index in [2.05, 4.69) is 4.72 Å². The van der Waals surface area contributed by atoms with Crippen LogP contribution in [0.2, 0.25) is 0 Å². The van der Waals surface area contributed by atoms with Crippen LogP contribution in [-0.2, 0) is 29.4 Å². The lowest BCUT2D eigenvalue weighted by molar-refractivity contribution is 0.300. The first-order valence-electron chi connectivity index (χ1n) is 6.83. The van der Waals surface area contributed by atoms with Gasteiger partial charge in [-0.2, -0.15) is 0 Å². The number of hydrogen-bond donors (Lipinski definition) is 2. The van der Waals surface area contributed by atoms with Gasteiger partial charge in [-0.25, -0.2) is 13.1 Å². The SMILES string of the molecule is CCc1ccccc1CNS(=O)(=O)c1ccc(CCO)s1. The van der Waals surface area contributed by atoms with Gasteiger partial charge in [0.2, 0.25) is 10.0 Å². The maximum atomic E-state index is 12.3. The van der Waals surface area contributed by atoms with Crippen molar-refractivity contribution in [2.75, 3.05) is 6.61 Å². The van der Waals surface area contributed by atoms with Crippen molar-refractivity contribution in [1.82, 2.24) is 4.72 Å². The number of aliphatic hydroxyl groups is 1. The van der Waals surface area contributed by atoms with E-state index in [1.54, 1.807) is 12.1 Å². The minimum Gasteiger partial charge on any atom is -0.396 e. The molecule has 2 aromatic rings. The van der Waals surface area contributed by atoms with Crippen molar-refractivity contribution < 1.29 is 13.5 Å². The van der Waals surface area contributed by atoms with E-state index in [4.69, 9.17) is 5.11 Å². The fourth-order valence-corrected chi connectivity index (χ4v) is 4.46. The second-order valence-corrected chi connectivity index (χ2v) is 7.80. The summed E-state index contributed by atoms with van der Waals surface area (Å²) in [6, 6.07) is 11.1. The van der Waals surface area contributed by atoms with E-state index < -0.39 is 10.0 Å². The van der Waals surface area contributed by atoms with E-state index in [1.165, 1.54) is 11.3 Å². The highest BCUT2D eigenvalue weighted by Gasteiger charge is 2.16. The van der Waals surface area contributed by atoms with E-state index in [9.17, 15) is 8.42 Å². The fraction of sp³-hybridized carbons (Fsp3) is 0.333. The van der Waals surface area contributed by atoms with Crippen molar-refractivity contribution in [1.29, 1.82) is 0 Å². The Morgan fingerprint density at radius 3 is 2.52 bits per heavy atom. The van der Waals surface area contributed by atoms with Gasteiger partial charge in [0.25, 0.3) is 0 Å². The van der Waals surface area contributed by atoms with Crippen LogP contribution in [0.25, 0.3) is 0 Å². The number of hydrogen-bond acceptors (Lipinski definition) is 4. The molecule has 1 aromatic heterocycles. The van der Waals surface area contributed by atoms with E-state index in [0.29, 0.717) is 17.2 Å². The molecule has 21 heavy (non-hydrogen) atoms. The van der Waals surface area contributed by atoms with Crippen LogP contribution in [0.5, 0.6) is 0 Å². The molecule has 0 fully saturated rings. The molecule has 0 spiro atoms. The van der Waals surface area contributed by atoms with Crippen molar-refractivity contribution >= 4 is 21.4 Å². The zero-order valence-corrected chi connectivity index (χ0v) is 13.5. The van der Waals surface area contributed by atoms with Gasteiger partial charge in [-0.05, 0) is 29.7 Å². The third-order valence-electron chi connectivity index (χ3n) is 3.21. The summed E-state index contributed by atoms with van der Waals surface area (Å²) in [5.74, 6) is 0. The van der Waals surface area contributed by atoms with Gasteiger partial charge in [-0.1, -0.05) is 31.2 Å². The average molecular weight is 325 g/mol. The standard InChI is InChI=1S/C15H19NO3S2/c1-2-12-5-3-4-6-13(12)11-16-21(18,19)15-8-7-14(20-15)9-10-17/h3-8,16-17H,2,9-11H2,1H3. The van der Waals surface area contributed by atoms with Crippen molar-refractivity contribution in [2.45, 2.75) is 30.5 Å². The zero-order valence-electron chi connectivity index (χ0n) is 11.9. The Kier molecular flexibility index (Phi) is 5.52. The first-order valence-corrected chi connectivity index (χ1v) is 9.13. The minimum absolute atomic E-state index is 0.0251. The summed E-state index contributed by atoms with van der Waals surface area (Å²) in [7, 11) is -3.49. The van der Waals surface area contributed by atoms with Crippen molar-refractivity contribution in [2.24, 2.45) is 0 Å². The van der Waals surface area contributed by atoms with E-state index >= 15 is 0 Å². The van der Waals surface area contributed by atoms with Crippen LogP contribution in [0, 0.1) is 0 Å². The lowest BCUT2D eigenvalue weighted by atomic mass is 10.1. The molecule has 0 bridgehead atoms. The molecule has 0 saturated heterocycles. The summed E-state index contributed by atoms with van der Waals surface area (Å²) in [6.07, 6.45) is 1.36. The quantitative estimate of drug-likeness (QED) is 0.821. The van der Waals surface area contributed by atoms with Gasteiger partial charge in [0, 0.05) is 24.4 Å². The van der Waals surface area contributed by atoms with Crippen LogP contribution in [0.15, 0.2) is 40.6 Å². The molecule has 2 N–H and O–H groups in total. The van der Waals surface area contributed by atoms with Crippen LogP contribution in [-0.4, -0.2) is 20.1 Å². The molecule has 0 amide bonds. The summed E-state index contributed by atoms with van der Waals surface area (Å²) in [6.45, 7) is 2.37. The molecule has 0 radical (unpaired) electrons. The fourth-order valence-electron chi connectivity index (χ4n) is 2.07. The normalized spacial score (nSPS) is 11.7. The summed E-state index contributed by atoms with van der Waals surface area (Å²) >= 11 is 1.20. The van der Waals surface area contributed by atoms with Gasteiger partial charge in [-0.3, -0.25) is 0 Å². The van der Waals surface area contributed by atoms with E-state index in [-0.39, 0.29) is 6.61 Å². The number of thiophene rings is 1. The van der Waals surface area contributed by atoms with Crippen LogP contribution in [0.1, 0.15) is 22.9 Å². The lowest BCUT2D eigenvalue weighted by Crippen LogP contribution is -2.23. The van der Waals surface area contributed by atoms with Gasteiger partial charge in [0.05, 0.1) is 0 Å². The Morgan fingerprint density at radius 2 is 1.86 bits per heavy atom. The maximum Gasteiger partial charge on any atom is 0.250 e. The monoisotopic (exact) mass is 325 g/mol. The first-order chi connectivity index (χ1) is 10.1. The third-order valence-corrected chi connectivity index (χ3v) is 6.25. The molecule has 4 nitrogen and oxygen atoms in total. The van der Waals surface area contributed by atoms with Crippen LogP contribution in [0.3, 0.4) is 0 Å². The first kappa shape index (κ1) is 16.2. The number of benzene rings is 1. The van der Waals surface area contributed by atoms with Crippen LogP contribution < -0.4 is 4.72 Å². The molecule has 0 aliphatic carbocycles. The molecule has 114 valence electrons. The Labute approximate surface area is 129 Å². The number of sulfonamides is 1. The molecule has 2 rings (SSSR count). The summed E-state index contributed by atoms with van der Waals surface area (Å²) < 4.78 is 27.5. The average Bonchev–Trinajstić information content (AvgIpc) is 2.95. The van der Waals surface area contributed by atoms with Crippen molar-refractivity contribution in [3.8, 4) is 0 Å². The van der Waals surface area contributed by atoms with Crippen molar-refractivity contribution in [3.05, 3.63) is 52.4 Å². The molecule has 6 heteroatoms. The molecule has 1 aromatic carbocycles. The second kappa shape index (κ2) is 7.17. The molecule has 0 unspecified atom stereocenters. The summed E-state index contributed by atoms with van der Waals surface area (Å²) in [5, 5.41) is 8.88. The summed E-state index contributed by atoms with van der Waals surface area (Å²) in [4.78, 5) is 0.867. The number of rotatable bonds is 7. The Bertz CT molecular complexity index is 692. The molecule has 1 heterocycles. The number of aliphatic hydroxyl groups excluding tert-OH is 1. The molecule has 0 aliphatic heterocycles. The van der Waals surface area contributed by atoms with Gasteiger partial charge >= 0.3 is 0 Å². The molecule has 0 saturated carbocycles. The summed E-state index contributed by atoms with van der Waals surface area (Å²) in [5.41, 5.74) is 2.14. The van der Waals surface area contributed by atoms with Gasteiger partial charge < -0.3 is 5.11 Å². The lowest BCUT2D eigenvalue weighted by Gasteiger charge is -2.09. The molecular weight excluding hydrogens is 306 g/mol. The minimum atomic E-state index is -3.49. The third kappa shape index (κ3) is 4.14. The highest BCUT2D eigenvalue weighted by atomic mass is 32.2. The molecular formula is C15H19NO3S2.